The molecule has 0 bridgehead atoms. The van der Waals surface area contributed by atoms with E-state index in [1.807, 2.05) is 0 Å². The van der Waals surface area contributed by atoms with E-state index in [9.17, 15) is 14.4 Å². The second-order valence-corrected chi connectivity index (χ2v) is 7.30. The van der Waals surface area contributed by atoms with Gasteiger partial charge >= 0.3 is 30.9 Å². The molecule has 0 radical (unpaired) electrons. The van der Waals surface area contributed by atoms with Crippen molar-refractivity contribution < 1.29 is 24.2 Å². The van der Waals surface area contributed by atoms with E-state index >= 15 is 0 Å². The normalized spacial score (nSPS) is 10.6. The van der Waals surface area contributed by atoms with E-state index < -0.39 is 17.7 Å². The molecule has 0 aliphatic heterocycles. The number of alkyl carbamates (subject to hydrolysis) is 1. The molecule has 0 unspecified atom stereocenters. The zero-order chi connectivity index (χ0) is 21.4. The summed E-state index contributed by atoms with van der Waals surface area (Å²) in [6, 6.07) is 9.10. The van der Waals surface area contributed by atoms with Crippen LogP contribution in [0.5, 0.6) is 5.88 Å². The molecule has 1 amide bonds. The van der Waals surface area contributed by atoms with Gasteiger partial charge < -0.3 is 19.9 Å². The molecule has 2 aromatic rings. The van der Waals surface area contributed by atoms with E-state index in [1.165, 1.54) is 28.9 Å². The average molecular weight is 411 g/mol. The zero-order valence-corrected chi connectivity index (χ0v) is 16.7. The van der Waals surface area contributed by atoms with Crippen molar-refractivity contribution in [2.45, 2.75) is 39.3 Å². The number of carbonyl (C=O) groups excluding carboxylic acids is 1. The number of rotatable bonds is 8. The minimum atomic E-state index is -1.04. The predicted octanol–water partition coefficient (Wildman–Crippen LogP) is 1.63. The summed E-state index contributed by atoms with van der Waals surface area (Å²) in [6.45, 7) is 6.14. The Bertz CT molecular complexity index is 923. The molecule has 0 saturated heterocycles. The number of carboxylic acids is 1. The summed E-state index contributed by atoms with van der Waals surface area (Å²) >= 11 is 0. The molecule has 1 aromatic heterocycles. The molecule has 0 atom stereocenters. The first kappa shape index (κ1) is 25.3. The first-order chi connectivity index (χ1) is 13.6. The molecule has 1 aromatic carbocycles. The van der Waals surface area contributed by atoms with Crippen LogP contribution in [0.4, 0.5) is 4.79 Å². The van der Waals surface area contributed by atoms with E-state index in [-0.39, 0.29) is 49.0 Å². The Kier molecular flexibility index (Phi) is 9.63. The molecular weight excluding hydrogens is 385 g/mol. The molecule has 2 rings (SSSR count). The zero-order valence-electron chi connectivity index (χ0n) is 16.7. The molecule has 0 aliphatic rings. The summed E-state index contributed by atoms with van der Waals surface area (Å²) in [6.07, 6.45) is 0.0357. The maximum atomic E-state index is 12.0. The van der Waals surface area contributed by atoms with Gasteiger partial charge in [0.15, 0.2) is 0 Å². The molecule has 158 valence electrons. The van der Waals surface area contributed by atoms with Gasteiger partial charge in [-0.2, -0.15) is 0 Å². The van der Waals surface area contributed by atoms with Gasteiger partial charge in [-0.15, -0.1) is 5.10 Å². The second kappa shape index (κ2) is 11.4. The number of ether oxygens (including phenoxy) is 2. The van der Waals surface area contributed by atoms with E-state index in [1.54, 1.807) is 32.9 Å². The fourth-order valence-electron chi connectivity index (χ4n) is 2.35. The third kappa shape index (κ3) is 8.72. The maximum absolute atomic E-state index is 12.0. The number of hydrogen-bond acceptors (Lipinski definition) is 6. The van der Waals surface area contributed by atoms with Gasteiger partial charge in [0.1, 0.15) is 5.60 Å². The van der Waals surface area contributed by atoms with Crippen LogP contribution >= 0.6 is 0 Å². The van der Waals surface area contributed by atoms with Crippen LogP contribution in [-0.2, 0) is 11.3 Å². The predicted molar refractivity (Wildman–Crippen MR) is 112 cm³/mol. The van der Waals surface area contributed by atoms with Gasteiger partial charge in [0, 0.05) is 18.7 Å². The molecule has 0 aliphatic carbocycles. The summed E-state index contributed by atoms with van der Waals surface area (Å²) < 4.78 is 11.9. The third-order valence-corrected chi connectivity index (χ3v) is 3.59. The van der Waals surface area contributed by atoms with Crippen molar-refractivity contribution in [3.63, 3.8) is 0 Å². The van der Waals surface area contributed by atoms with Crippen LogP contribution in [0, 0.1) is 0 Å². The van der Waals surface area contributed by atoms with Crippen molar-refractivity contribution in [3.8, 4) is 5.88 Å². The number of aromatic carboxylic acids is 1. The summed E-state index contributed by atoms with van der Waals surface area (Å²) in [7, 11) is 0. The van der Waals surface area contributed by atoms with Gasteiger partial charge in [-0.25, -0.2) is 14.3 Å². The Labute approximate surface area is 186 Å². The molecule has 0 saturated carbocycles. The standard InChI is InChI=1S/C20H25N3O6.Li.H/c1-20(2,3)29-19(27)21-10-5-11-28-16-8-9-17(24)23(22-16)13-14-6-4-7-15(12-14)18(25)26;;/h4,6-9,12H,5,10-11,13H2,1-3H3,(H,21,27)(H,25,26);;. The Balaban J connectivity index is 0.00000450. The SMILES string of the molecule is CC(C)(C)OC(=O)NCCCOc1ccc(=O)n(Cc2cccc(C(=O)O)c2)n1.[LiH]. The Morgan fingerprint density at radius 2 is 1.93 bits per heavy atom. The first-order valence-electron chi connectivity index (χ1n) is 9.14. The number of carbonyl (C=O) groups is 2. The molecule has 9 nitrogen and oxygen atoms in total. The van der Waals surface area contributed by atoms with Crippen LogP contribution < -0.4 is 15.6 Å². The summed E-state index contributed by atoms with van der Waals surface area (Å²) in [5.74, 6) is -0.777. The summed E-state index contributed by atoms with van der Waals surface area (Å²) in [5.41, 5.74) is -0.106. The number of aromatic nitrogens is 2. The fourth-order valence-corrected chi connectivity index (χ4v) is 2.35. The molecular formula is C20H26LiN3O6. The number of hydrogen-bond donors (Lipinski definition) is 2. The third-order valence-electron chi connectivity index (χ3n) is 3.59. The Morgan fingerprint density at radius 1 is 1.20 bits per heavy atom. The topological polar surface area (TPSA) is 120 Å². The number of carboxylic acid groups (broad SMARTS) is 1. The second-order valence-electron chi connectivity index (χ2n) is 7.30. The fraction of sp³-hybridized carbons (Fsp3) is 0.400. The Hall–Kier alpha value is -2.76. The molecule has 0 fully saturated rings. The van der Waals surface area contributed by atoms with Gasteiger partial charge in [0.25, 0.3) is 5.56 Å². The van der Waals surface area contributed by atoms with Crippen LogP contribution in [0.15, 0.2) is 41.2 Å². The first-order valence-corrected chi connectivity index (χ1v) is 9.14. The van der Waals surface area contributed by atoms with Crippen molar-refractivity contribution in [1.82, 2.24) is 15.1 Å². The van der Waals surface area contributed by atoms with E-state index in [2.05, 4.69) is 10.4 Å². The van der Waals surface area contributed by atoms with E-state index in [4.69, 9.17) is 14.6 Å². The van der Waals surface area contributed by atoms with Crippen molar-refractivity contribution in [2.24, 2.45) is 0 Å². The van der Waals surface area contributed by atoms with Gasteiger partial charge in [0.05, 0.1) is 18.7 Å². The van der Waals surface area contributed by atoms with Crippen LogP contribution in [0.2, 0.25) is 0 Å². The summed E-state index contributed by atoms with van der Waals surface area (Å²) in [4.78, 5) is 34.6. The van der Waals surface area contributed by atoms with Crippen molar-refractivity contribution >= 4 is 30.9 Å². The van der Waals surface area contributed by atoms with Gasteiger partial charge in [-0.05, 0) is 44.9 Å². The monoisotopic (exact) mass is 411 g/mol. The van der Waals surface area contributed by atoms with Crippen LogP contribution in [0.1, 0.15) is 43.1 Å². The number of benzene rings is 1. The number of amides is 1. The number of nitrogens with zero attached hydrogens (tertiary/aromatic N) is 2. The van der Waals surface area contributed by atoms with Crippen LogP contribution in [0.25, 0.3) is 0 Å². The van der Waals surface area contributed by atoms with Crippen molar-refractivity contribution in [1.29, 1.82) is 0 Å². The van der Waals surface area contributed by atoms with Crippen molar-refractivity contribution in [3.05, 3.63) is 57.9 Å². The molecule has 10 heteroatoms. The molecule has 0 spiro atoms. The Morgan fingerprint density at radius 3 is 2.60 bits per heavy atom. The minimum absolute atomic E-state index is 0. The van der Waals surface area contributed by atoms with E-state index in [0.29, 0.717) is 18.5 Å². The van der Waals surface area contributed by atoms with E-state index in [0.717, 1.165) is 0 Å². The van der Waals surface area contributed by atoms with Gasteiger partial charge in [0.2, 0.25) is 5.88 Å². The van der Waals surface area contributed by atoms with Gasteiger partial charge in [-0.1, -0.05) is 12.1 Å². The van der Waals surface area contributed by atoms with Gasteiger partial charge in [-0.3, -0.25) is 4.79 Å². The van der Waals surface area contributed by atoms with Crippen LogP contribution in [-0.4, -0.2) is 64.6 Å². The molecule has 1 heterocycles. The molecule has 30 heavy (non-hydrogen) atoms. The summed E-state index contributed by atoms with van der Waals surface area (Å²) in [5, 5.41) is 15.8. The van der Waals surface area contributed by atoms with Crippen molar-refractivity contribution in [2.75, 3.05) is 13.2 Å². The average Bonchev–Trinajstić information content (AvgIpc) is 2.62. The number of nitrogens with one attached hydrogen (secondary N) is 1. The molecule has 2 N–H and O–H groups in total. The quantitative estimate of drug-likeness (QED) is 0.500. The van der Waals surface area contributed by atoms with Crippen LogP contribution in [0.3, 0.4) is 0 Å².